The van der Waals surface area contributed by atoms with Crippen molar-refractivity contribution in [2.24, 2.45) is 0 Å². The third-order valence-corrected chi connectivity index (χ3v) is 5.23. The topological polar surface area (TPSA) is 74.0 Å². The third kappa shape index (κ3) is 4.65. The van der Waals surface area contributed by atoms with E-state index in [0.29, 0.717) is 30.5 Å². The molecular weight excluding hydrogens is 326 g/mol. The zero-order valence-corrected chi connectivity index (χ0v) is 15.7. The molecule has 0 unspecified atom stereocenters. The second kappa shape index (κ2) is 8.39. The van der Waals surface area contributed by atoms with E-state index in [1.165, 1.54) is 24.8 Å². The molecule has 0 saturated heterocycles. The van der Waals surface area contributed by atoms with E-state index in [1.807, 2.05) is 12.1 Å². The number of aromatic amines is 1. The second-order valence-corrected chi connectivity index (χ2v) is 7.61. The van der Waals surface area contributed by atoms with Crippen LogP contribution >= 0.6 is 0 Å². The molecule has 5 nitrogen and oxygen atoms in total. The summed E-state index contributed by atoms with van der Waals surface area (Å²) in [5.74, 6) is 0.444. The van der Waals surface area contributed by atoms with E-state index < -0.39 is 0 Å². The van der Waals surface area contributed by atoms with Crippen LogP contribution in [-0.2, 0) is 6.42 Å². The van der Waals surface area contributed by atoms with Crippen LogP contribution in [0.2, 0.25) is 0 Å². The summed E-state index contributed by atoms with van der Waals surface area (Å²) >= 11 is 0. The van der Waals surface area contributed by atoms with Gasteiger partial charge in [0.25, 0.3) is 5.56 Å². The zero-order valence-electron chi connectivity index (χ0n) is 15.7. The molecule has 1 saturated carbocycles. The minimum absolute atomic E-state index is 0.0794. The van der Waals surface area contributed by atoms with Crippen molar-refractivity contribution in [1.29, 1.82) is 0 Å². The number of carbonyl (C=O) groups excluding carboxylic acids is 1. The number of urea groups is 1. The van der Waals surface area contributed by atoms with E-state index in [1.54, 1.807) is 0 Å². The highest BCUT2D eigenvalue weighted by atomic mass is 16.2. The minimum atomic E-state index is -0.129. The highest BCUT2D eigenvalue weighted by molar-refractivity contribution is 5.80. The molecule has 1 aliphatic rings. The maximum absolute atomic E-state index is 12.3. The van der Waals surface area contributed by atoms with Gasteiger partial charge < -0.3 is 15.6 Å². The van der Waals surface area contributed by atoms with Crippen molar-refractivity contribution in [3.63, 3.8) is 0 Å². The quantitative estimate of drug-likeness (QED) is 0.763. The number of H-pyrrole nitrogens is 1. The molecule has 1 aromatic carbocycles. The summed E-state index contributed by atoms with van der Waals surface area (Å²) in [5, 5.41) is 6.95. The Morgan fingerprint density at radius 3 is 2.69 bits per heavy atom. The van der Waals surface area contributed by atoms with Gasteiger partial charge in [0.1, 0.15) is 0 Å². The van der Waals surface area contributed by atoms with Crippen LogP contribution in [0.15, 0.2) is 29.1 Å². The SMILES string of the molecule is CC(C)c1ccc2[nH]c(=O)c(CCNC(=O)NC3CCCCC3)cc2c1. The molecule has 140 valence electrons. The highest BCUT2D eigenvalue weighted by Gasteiger charge is 2.15. The van der Waals surface area contributed by atoms with E-state index >= 15 is 0 Å². The van der Waals surface area contributed by atoms with Crippen LogP contribution in [0, 0.1) is 0 Å². The summed E-state index contributed by atoms with van der Waals surface area (Å²) in [4.78, 5) is 27.2. The van der Waals surface area contributed by atoms with Gasteiger partial charge in [0.2, 0.25) is 0 Å². The van der Waals surface area contributed by atoms with Gasteiger partial charge in [0.15, 0.2) is 0 Å². The lowest BCUT2D eigenvalue weighted by atomic mass is 9.96. The van der Waals surface area contributed by atoms with Crippen molar-refractivity contribution in [2.75, 3.05) is 6.54 Å². The van der Waals surface area contributed by atoms with Gasteiger partial charge >= 0.3 is 6.03 Å². The molecule has 26 heavy (non-hydrogen) atoms. The number of rotatable bonds is 5. The van der Waals surface area contributed by atoms with Gasteiger partial charge in [-0.05, 0) is 54.3 Å². The molecule has 0 aliphatic heterocycles. The summed E-state index contributed by atoms with van der Waals surface area (Å²) in [6.45, 7) is 4.77. The standard InChI is InChI=1S/C21H29N3O2/c1-14(2)15-8-9-19-17(12-15)13-16(20(25)24-19)10-11-22-21(26)23-18-6-4-3-5-7-18/h8-9,12-14,18H,3-7,10-11H2,1-2H3,(H,24,25)(H2,22,23,26). The van der Waals surface area contributed by atoms with Gasteiger partial charge in [-0.1, -0.05) is 39.2 Å². The number of fused-ring (bicyclic) bond motifs is 1. The van der Waals surface area contributed by atoms with Gasteiger partial charge in [0, 0.05) is 23.7 Å². The summed E-state index contributed by atoms with van der Waals surface area (Å²) in [7, 11) is 0. The number of benzene rings is 1. The van der Waals surface area contributed by atoms with E-state index in [4.69, 9.17) is 0 Å². The first-order valence-corrected chi connectivity index (χ1v) is 9.73. The van der Waals surface area contributed by atoms with Crippen molar-refractivity contribution >= 4 is 16.9 Å². The fourth-order valence-corrected chi connectivity index (χ4v) is 3.61. The number of nitrogens with one attached hydrogen (secondary N) is 3. The predicted molar refractivity (Wildman–Crippen MR) is 106 cm³/mol. The molecule has 3 N–H and O–H groups in total. The van der Waals surface area contributed by atoms with E-state index in [2.05, 4.69) is 41.6 Å². The number of carbonyl (C=O) groups is 1. The molecule has 2 amide bonds. The van der Waals surface area contributed by atoms with Crippen molar-refractivity contribution in [3.05, 3.63) is 45.7 Å². The molecule has 5 heteroatoms. The predicted octanol–water partition coefficient (Wildman–Crippen LogP) is 3.83. The lowest BCUT2D eigenvalue weighted by molar-refractivity contribution is 0.233. The maximum atomic E-state index is 12.3. The summed E-state index contributed by atoms with van der Waals surface area (Å²) in [6.07, 6.45) is 6.30. The summed E-state index contributed by atoms with van der Waals surface area (Å²) in [6, 6.07) is 8.26. The number of amides is 2. The second-order valence-electron chi connectivity index (χ2n) is 7.61. The van der Waals surface area contributed by atoms with Crippen LogP contribution in [0.3, 0.4) is 0 Å². The molecule has 0 spiro atoms. The molecular formula is C21H29N3O2. The molecule has 0 bridgehead atoms. The molecule has 1 fully saturated rings. The summed E-state index contributed by atoms with van der Waals surface area (Å²) in [5.41, 5.74) is 2.73. The van der Waals surface area contributed by atoms with Crippen LogP contribution in [0.5, 0.6) is 0 Å². The first kappa shape index (κ1) is 18.5. The van der Waals surface area contributed by atoms with Crippen LogP contribution in [-0.4, -0.2) is 23.6 Å². The van der Waals surface area contributed by atoms with Gasteiger partial charge in [-0.15, -0.1) is 0 Å². The largest absolute Gasteiger partial charge is 0.338 e. The first-order chi connectivity index (χ1) is 12.5. The Morgan fingerprint density at radius 2 is 1.96 bits per heavy atom. The lowest BCUT2D eigenvalue weighted by Crippen LogP contribution is -2.43. The first-order valence-electron chi connectivity index (χ1n) is 9.73. The Morgan fingerprint density at radius 1 is 1.19 bits per heavy atom. The molecule has 0 atom stereocenters. The van der Waals surface area contributed by atoms with Gasteiger partial charge in [-0.2, -0.15) is 0 Å². The fraction of sp³-hybridized carbons (Fsp3) is 0.524. The Kier molecular flexibility index (Phi) is 5.96. The monoisotopic (exact) mass is 355 g/mol. The lowest BCUT2D eigenvalue weighted by Gasteiger charge is -2.22. The van der Waals surface area contributed by atoms with Crippen molar-refractivity contribution < 1.29 is 4.79 Å². The van der Waals surface area contributed by atoms with Crippen molar-refractivity contribution in [1.82, 2.24) is 15.6 Å². The Bertz CT molecular complexity index is 820. The normalized spacial score (nSPS) is 15.3. The van der Waals surface area contributed by atoms with Gasteiger partial charge in [-0.25, -0.2) is 4.79 Å². The van der Waals surface area contributed by atoms with E-state index in [0.717, 1.165) is 23.7 Å². The van der Waals surface area contributed by atoms with Gasteiger partial charge in [0.05, 0.1) is 0 Å². The molecule has 1 heterocycles. The van der Waals surface area contributed by atoms with Crippen LogP contribution in [0.1, 0.15) is 63.0 Å². The number of aromatic nitrogens is 1. The fourth-order valence-electron chi connectivity index (χ4n) is 3.61. The molecule has 1 aromatic heterocycles. The maximum Gasteiger partial charge on any atom is 0.315 e. The van der Waals surface area contributed by atoms with Crippen molar-refractivity contribution in [2.45, 2.75) is 64.3 Å². The molecule has 0 radical (unpaired) electrons. The zero-order chi connectivity index (χ0) is 18.5. The Balaban J connectivity index is 1.60. The molecule has 2 aromatic rings. The number of hydrogen-bond donors (Lipinski definition) is 3. The smallest absolute Gasteiger partial charge is 0.315 e. The average molecular weight is 355 g/mol. The van der Waals surface area contributed by atoms with Crippen LogP contribution < -0.4 is 16.2 Å². The molecule has 3 rings (SSSR count). The third-order valence-electron chi connectivity index (χ3n) is 5.23. The van der Waals surface area contributed by atoms with Crippen molar-refractivity contribution in [3.8, 4) is 0 Å². The minimum Gasteiger partial charge on any atom is -0.338 e. The van der Waals surface area contributed by atoms with E-state index in [-0.39, 0.29) is 11.6 Å². The van der Waals surface area contributed by atoms with Crippen LogP contribution in [0.25, 0.3) is 10.9 Å². The Labute approximate surface area is 154 Å². The summed E-state index contributed by atoms with van der Waals surface area (Å²) < 4.78 is 0. The number of hydrogen-bond acceptors (Lipinski definition) is 2. The number of pyridine rings is 1. The average Bonchev–Trinajstić information content (AvgIpc) is 2.62. The van der Waals surface area contributed by atoms with E-state index in [9.17, 15) is 9.59 Å². The van der Waals surface area contributed by atoms with Gasteiger partial charge in [-0.3, -0.25) is 4.79 Å². The highest BCUT2D eigenvalue weighted by Crippen LogP contribution is 2.20. The Hall–Kier alpha value is -2.30. The molecule has 1 aliphatic carbocycles. The van der Waals surface area contributed by atoms with Crippen LogP contribution in [0.4, 0.5) is 4.79 Å².